The van der Waals surface area contributed by atoms with Crippen LogP contribution >= 0.6 is 0 Å². The number of hydrogen-bond acceptors (Lipinski definition) is 2. The first kappa shape index (κ1) is 11.2. The quantitative estimate of drug-likeness (QED) is 0.785. The Morgan fingerprint density at radius 1 is 1.29 bits per heavy atom. The van der Waals surface area contributed by atoms with Crippen LogP contribution in [0.2, 0.25) is 0 Å². The first-order chi connectivity index (χ1) is 6.42. The maximum Gasteiger partial charge on any atom is 0.274 e. The second kappa shape index (κ2) is 3.71. The van der Waals surface area contributed by atoms with E-state index in [-0.39, 0.29) is 0 Å². The van der Waals surface area contributed by atoms with Gasteiger partial charge in [-0.15, -0.1) is 0 Å². The van der Waals surface area contributed by atoms with Crippen molar-refractivity contribution in [3.8, 4) is 0 Å². The minimum absolute atomic E-state index is 0.343. The smallest absolute Gasteiger partial charge is 0.274 e. The van der Waals surface area contributed by atoms with Gasteiger partial charge in [0, 0.05) is 0 Å². The Balaban J connectivity index is 3.30. The summed E-state index contributed by atoms with van der Waals surface area (Å²) in [5.74, 6) is 0. The summed E-state index contributed by atoms with van der Waals surface area (Å²) in [6.45, 7) is 3.26. The third-order valence-corrected chi connectivity index (χ3v) is 4.29. The topological polar surface area (TPSA) is 54.4 Å². The van der Waals surface area contributed by atoms with Gasteiger partial charge in [-0.2, -0.15) is 8.42 Å². The van der Waals surface area contributed by atoms with Gasteiger partial charge in [-0.1, -0.05) is 37.3 Å². The third kappa shape index (κ3) is 1.81. The molecule has 0 fully saturated rings. The maximum absolute atomic E-state index is 11.2. The van der Waals surface area contributed by atoms with Crippen LogP contribution in [0.4, 0.5) is 0 Å². The monoisotopic (exact) mass is 214 g/mol. The first-order valence-corrected chi connectivity index (χ1v) is 5.88. The van der Waals surface area contributed by atoms with Crippen LogP contribution in [-0.2, 0) is 14.9 Å². The zero-order valence-electron chi connectivity index (χ0n) is 8.27. The molecule has 1 atom stereocenters. The standard InChI is InChI=1S/C10H14O3S/c1-3-10(2,14(11,12)13)9-7-5-4-6-8-9/h4-8H,3H2,1-2H3,(H,11,12,13). The average molecular weight is 214 g/mol. The Hall–Kier alpha value is -0.870. The molecule has 0 bridgehead atoms. The molecule has 1 aromatic carbocycles. The van der Waals surface area contributed by atoms with E-state index in [9.17, 15) is 8.42 Å². The summed E-state index contributed by atoms with van der Waals surface area (Å²) in [5.41, 5.74) is 0.616. The van der Waals surface area contributed by atoms with Gasteiger partial charge in [-0.3, -0.25) is 4.55 Å². The molecule has 0 aliphatic heterocycles. The molecule has 0 radical (unpaired) electrons. The summed E-state index contributed by atoms with van der Waals surface area (Å²) in [5, 5.41) is 0. The molecule has 0 heterocycles. The summed E-state index contributed by atoms with van der Waals surface area (Å²) < 4.78 is 30.4. The lowest BCUT2D eigenvalue weighted by atomic mass is 9.98. The minimum Gasteiger partial charge on any atom is -0.285 e. The predicted molar refractivity (Wildman–Crippen MR) is 55.6 cm³/mol. The van der Waals surface area contributed by atoms with E-state index in [0.717, 1.165) is 0 Å². The van der Waals surface area contributed by atoms with E-state index < -0.39 is 14.9 Å². The van der Waals surface area contributed by atoms with Gasteiger partial charge in [0.25, 0.3) is 10.1 Å². The van der Waals surface area contributed by atoms with Gasteiger partial charge in [-0.05, 0) is 18.9 Å². The summed E-state index contributed by atoms with van der Waals surface area (Å²) >= 11 is 0. The van der Waals surface area contributed by atoms with Crippen LogP contribution in [0.5, 0.6) is 0 Å². The molecule has 1 rings (SSSR count). The Bertz CT molecular complexity index is 397. The molecule has 1 N–H and O–H groups in total. The van der Waals surface area contributed by atoms with Crippen LogP contribution < -0.4 is 0 Å². The zero-order valence-corrected chi connectivity index (χ0v) is 9.08. The van der Waals surface area contributed by atoms with Crippen molar-refractivity contribution in [3.05, 3.63) is 35.9 Å². The zero-order chi connectivity index (χ0) is 10.8. The average Bonchev–Trinajstić information content (AvgIpc) is 2.16. The Morgan fingerprint density at radius 3 is 2.14 bits per heavy atom. The summed E-state index contributed by atoms with van der Waals surface area (Å²) in [6.07, 6.45) is 0.343. The van der Waals surface area contributed by atoms with Crippen LogP contribution in [0.15, 0.2) is 30.3 Å². The van der Waals surface area contributed by atoms with Crippen molar-refractivity contribution >= 4 is 10.1 Å². The molecule has 1 unspecified atom stereocenters. The van der Waals surface area contributed by atoms with E-state index in [4.69, 9.17) is 4.55 Å². The van der Waals surface area contributed by atoms with Crippen LogP contribution in [0.3, 0.4) is 0 Å². The predicted octanol–water partition coefficient (Wildman–Crippen LogP) is 2.20. The van der Waals surface area contributed by atoms with Crippen molar-refractivity contribution in [2.24, 2.45) is 0 Å². The lowest BCUT2D eigenvalue weighted by molar-refractivity contribution is 0.430. The fourth-order valence-corrected chi connectivity index (χ4v) is 2.12. The number of hydrogen-bond donors (Lipinski definition) is 1. The Kier molecular flexibility index (Phi) is 2.97. The van der Waals surface area contributed by atoms with E-state index >= 15 is 0 Å². The van der Waals surface area contributed by atoms with E-state index in [1.165, 1.54) is 6.92 Å². The highest BCUT2D eigenvalue weighted by Crippen LogP contribution is 2.32. The molecule has 0 aromatic heterocycles. The highest BCUT2D eigenvalue weighted by molar-refractivity contribution is 7.86. The lowest BCUT2D eigenvalue weighted by Crippen LogP contribution is -2.31. The molecule has 0 amide bonds. The van der Waals surface area contributed by atoms with Gasteiger partial charge >= 0.3 is 0 Å². The van der Waals surface area contributed by atoms with Gasteiger partial charge in [0.05, 0.1) is 0 Å². The van der Waals surface area contributed by atoms with Crippen molar-refractivity contribution in [2.75, 3.05) is 0 Å². The second-order valence-corrected chi connectivity index (χ2v) is 5.28. The van der Waals surface area contributed by atoms with Crippen molar-refractivity contribution in [1.29, 1.82) is 0 Å². The fraction of sp³-hybridized carbons (Fsp3) is 0.400. The molecule has 0 aliphatic carbocycles. The summed E-state index contributed by atoms with van der Waals surface area (Å²) in [6, 6.07) is 8.74. The van der Waals surface area contributed by atoms with E-state index in [1.54, 1.807) is 31.2 Å². The van der Waals surface area contributed by atoms with Gasteiger partial charge in [0.1, 0.15) is 4.75 Å². The van der Waals surface area contributed by atoms with Crippen molar-refractivity contribution < 1.29 is 13.0 Å². The highest BCUT2D eigenvalue weighted by Gasteiger charge is 2.37. The molecular formula is C10H14O3S. The summed E-state index contributed by atoms with van der Waals surface area (Å²) in [4.78, 5) is 0. The van der Waals surface area contributed by atoms with Gasteiger partial charge in [-0.25, -0.2) is 0 Å². The molecule has 0 saturated carbocycles. The Labute approximate surface area is 84.5 Å². The van der Waals surface area contributed by atoms with E-state index in [0.29, 0.717) is 12.0 Å². The van der Waals surface area contributed by atoms with Crippen LogP contribution in [-0.4, -0.2) is 13.0 Å². The van der Waals surface area contributed by atoms with Gasteiger partial charge in [0.15, 0.2) is 0 Å². The van der Waals surface area contributed by atoms with Crippen molar-refractivity contribution in [1.82, 2.24) is 0 Å². The molecule has 14 heavy (non-hydrogen) atoms. The first-order valence-electron chi connectivity index (χ1n) is 4.44. The van der Waals surface area contributed by atoms with Crippen LogP contribution in [0.25, 0.3) is 0 Å². The van der Waals surface area contributed by atoms with Crippen molar-refractivity contribution in [3.63, 3.8) is 0 Å². The lowest BCUT2D eigenvalue weighted by Gasteiger charge is -2.24. The molecule has 78 valence electrons. The molecule has 1 aromatic rings. The van der Waals surface area contributed by atoms with Gasteiger partial charge in [0.2, 0.25) is 0 Å². The molecule has 0 aliphatic rings. The molecule has 0 spiro atoms. The van der Waals surface area contributed by atoms with E-state index in [1.807, 2.05) is 6.07 Å². The Morgan fingerprint density at radius 2 is 1.79 bits per heavy atom. The van der Waals surface area contributed by atoms with Crippen molar-refractivity contribution in [2.45, 2.75) is 25.0 Å². The highest BCUT2D eigenvalue weighted by atomic mass is 32.2. The number of rotatable bonds is 3. The van der Waals surface area contributed by atoms with Crippen LogP contribution in [0, 0.1) is 0 Å². The van der Waals surface area contributed by atoms with Crippen LogP contribution in [0.1, 0.15) is 25.8 Å². The van der Waals surface area contributed by atoms with E-state index in [2.05, 4.69) is 0 Å². The fourth-order valence-electron chi connectivity index (χ4n) is 1.33. The maximum atomic E-state index is 11.2. The van der Waals surface area contributed by atoms with Gasteiger partial charge < -0.3 is 0 Å². The largest absolute Gasteiger partial charge is 0.285 e. The second-order valence-electron chi connectivity index (χ2n) is 3.43. The SMILES string of the molecule is CCC(C)(c1ccccc1)S(=O)(=O)O. The number of benzene rings is 1. The molecule has 3 nitrogen and oxygen atoms in total. The summed E-state index contributed by atoms with van der Waals surface area (Å²) in [7, 11) is -4.07. The molecular weight excluding hydrogens is 200 g/mol. The molecule has 0 saturated heterocycles. The third-order valence-electron chi connectivity index (χ3n) is 2.63. The minimum atomic E-state index is -4.07. The normalized spacial score (nSPS) is 16.2. The molecule has 4 heteroatoms.